The van der Waals surface area contributed by atoms with E-state index in [2.05, 4.69) is 15.4 Å². The van der Waals surface area contributed by atoms with Gasteiger partial charge in [-0.2, -0.15) is 5.10 Å². The van der Waals surface area contributed by atoms with Gasteiger partial charge in [0.1, 0.15) is 17.5 Å². The number of aryl methyl sites for hydroxylation is 2. The van der Waals surface area contributed by atoms with Gasteiger partial charge in [0.2, 0.25) is 5.91 Å². The van der Waals surface area contributed by atoms with Crippen LogP contribution >= 0.6 is 0 Å². The Morgan fingerprint density at radius 3 is 2.48 bits per heavy atom. The molecule has 27 heavy (non-hydrogen) atoms. The predicted molar refractivity (Wildman–Crippen MR) is 102 cm³/mol. The van der Waals surface area contributed by atoms with E-state index in [0.717, 1.165) is 11.4 Å². The van der Waals surface area contributed by atoms with Crippen molar-refractivity contribution in [2.24, 2.45) is 0 Å². The molecule has 0 saturated carbocycles. The lowest BCUT2D eigenvalue weighted by Crippen LogP contribution is -2.29. The summed E-state index contributed by atoms with van der Waals surface area (Å²) < 4.78 is 16.1. The number of nitrogens with zero attached hydrogens (tertiary/aromatic N) is 3. The van der Waals surface area contributed by atoms with Crippen molar-refractivity contribution in [3.63, 3.8) is 0 Å². The second kappa shape index (κ2) is 8.58. The van der Waals surface area contributed by atoms with E-state index in [1.807, 2.05) is 44.2 Å². The number of hydrogen-bond acceptors (Lipinski definition) is 3. The monoisotopic (exact) mass is 366 g/mol. The summed E-state index contributed by atoms with van der Waals surface area (Å²) in [7, 11) is 0. The van der Waals surface area contributed by atoms with Gasteiger partial charge in [-0.15, -0.1) is 0 Å². The summed E-state index contributed by atoms with van der Waals surface area (Å²) in [6, 6.07) is 16.2. The molecule has 1 amide bonds. The molecule has 3 rings (SSSR count). The minimum absolute atomic E-state index is 0.124. The van der Waals surface area contributed by atoms with Gasteiger partial charge >= 0.3 is 0 Å². The molecule has 0 spiro atoms. The van der Waals surface area contributed by atoms with Crippen LogP contribution in [0.3, 0.4) is 0 Å². The molecule has 6 heteroatoms. The van der Waals surface area contributed by atoms with Crippen molar-refractivity contribution in [3.8, 4) is 0 Å². The third-order valence-electron chi connectivity index (χ3n) is 4.48. The number of rotatable bonds is 7. The molecule has 1 atom stereocenters. The highest BCUT2D eigenvalue weighted by molar-refractivity contribution is 5.77. The number of nitrogens with one attached hydrogen (secondary N) is 1. The van der Waals surface area contributed by atoms with Crippen molar-refractivity contribution >= 4 is 5.91 Å². The summed E-state index contributed by atoms with van der Waals surface area (Å²) in [4.78, 5) is 16.8. The average Bonchev–Trinajstić information content (AvgIpc) is 2.98. The standard InChI is InChI=1S/C21H23FN4O/c1-15-24-16(2)26(25-15)13-12-23-21(27)14-19(17-8-4-3-5-9-17)18-10-6-7-11-20(18)22/h3-11,19H,12-14H2,1-2H3,(H,23,27)/t19-/m0/s1. The highest BCUT2D eigenvalue weighted by Crippen LogP contribution is 2.29. The zero-order valence-corrected chi connectivity index (χ0v) is 15.5. The molecule has 140 valence electrons. The van der Waals surface area contributed by atoms with Gasteiger partial charge in [0.25, 0.3) is 0 Å². The van der Waals surface area contributed by atoms with Gasteiger partial charge in [0.15, 0.2) is 0 Å². The summed E-state index contributed by atoms with van der Waals surface area (Å²) in [5.41, 5.74) is 1.45. The molecule has 2 aromatic carbocycles. The Balaban J connectivity index is 1.68. The Morgan fingerprint density at radius 2 is 1.81 bits per heavy atom. The minimum atomic E-state index is -0.331. The van der Waals surface area contributed by atoms with Crippen LogP contribution in [-0.2, 0) is 11.3 Å². The summed E-state index contributed by atoms with van der Waals surface area (Å²) in [5.74, 6) is 0.773. The molecule has 5 nitrogen and oxygen atoms in total. The molecule has 0 fully saturated rings. The second-order valence-electron chi connectivity index (χ2n) is 6.47. The largest absolute Gasteiger partial charge is 0.354 e. The zero-order chi connectivity index (χ0) is 19.2. The lowest BCUT2D eigenvalue weighted by molar-refractivity contribution is -0.121. The van der Waals surface area contributed by atoms with E-state index >= 15 is 0 Å². The number of carbonyl (C=O) groups is 1. The van der Waals surface area contributed by atoms with Crippen molar-refractivity contribution in [1.29, 1.82) is 0 Å². The van der Waals surface area contributed by atoms with Crippen LogP contribution in [0.2, 0.25) is 0 Å². The van der Waals surface area contributed by atoms with Crippen LogP contribution in [0.1, 0.15) is 35.1 Å². The molecule has 0 aliphatic heterocycles. The first-order valence-corrected chi connectivity index (χ1v) is 8.98. The zero-order valence-electron chi connectivity index (χ0n) is 15.5. The first-order chi connectivity index (χ1) is 13.0. The third-order valence-corrected chi connectivity index (χ3v) is 4.48. The van der Waals surface area contributed by atoms with Gasteiger partial charge < -0.3 is 5.32 Å². The molecule has 0 bridgehead atoms. The average molecular weight is 366 g/mol. The number of hydrogen-bond donors (Lipinski definition) is 1. The quantitative estimate of drug-likeness (QED) is 0.697. The van der Waals surface area contributed by atoms with E-state index in [0.29, 0.717) is 24.5 Å². The van der Waals surface area contributed by atoms with E-state index in [1.165, 1.54) is 6.07 Å². The first-order valence-electron chi connectivity index (χ1n) is 8.98. The molecule has 1 heterocycles. The van der Waals surface area contributed by atoms with Crippen molar-refractivity contribution < 1.29 is 9.18 Å². The van der Waals surface area contributed by atoms with Crippen LogP contribution in [0.5, 0.6) is 0 Å². The SMILES string of the molecule is Cc1nc(C)n(CCNC(=O)C[C@@H](c2ccccc2)c2ccccc2F)n1. The molecule has 0 aliphatic carbocycles. The smallest absolute Gasteiger partial charge is 0.221 e. The maximum Gasteiger partial charge on any atom is 0.221 e. The molecule has 0 unspecified atom stereocenters. The van der Waals surface area contributed by atoms with Crippen LogP contribution in [-0.4, -0.2) is 27.2 Å². The van der Waals surface area contributed by atoms with Gasteiger partial charge in [-0.05, 0) is 31.0 Å². The van der Waals surface area contributed by atoms with E-state index in [9.17, 15) is 9.18 Å². The maximum atomic E-state index is 14.3. The van der Waals surface area contributed by atoms with Crippen LogP contribution < -0.4 is 5.32 Å². The van der Waals surface area contributed by atoms with E-state index in [1.54, 1.807) is 22.9 Å². The maximum absolute atomic E-state index is 14.3. The number of aromatic nitrogens is 3. The number of halogens is 1. The molecule has 3 aromatic rings. The number of benzene rings is 2. The van der Waals surface area contributed by atoms with Crippen LogP contribution in [0, 0.1) is 19.7 Å². The third kappa shape index (κ3) is 4.78. The van der Waals surface area contributed by atoms with E-state index in [4.69, 9.17) is 0 Å². The highest BCUT2D eigenvalue weighted by Gasteiger charge is 2.21. The second-order valence-corrected chi connectivity index (χ2v) is 6.47. The van der Waals surface area contributed by atoms with Crippen molar-refractivity contribution in [2.75, 3.05) is 6.54 Å². The van der Waals surface area contributed by atoms with Crippen LogP contribution in [0.15, 0.2) is 54.6 Å². The topological polar surface area (TPSA) is 59.8 Å². The molecule has 1 aromatic heterocycles. The van der Waals surface area contributed by atoms with Gasteiger partial charge in [0.05, 0.1) is 6.54 Å². The molecule has 0 radical (unpaired) electrons. The highest BCUT2D eigenvalue weighted by atomic mass is 19.1. The summed E-state index contributed by atoms with van der Waals surface area (Å²) in [6.45, 7) is 4.71. The Labute approximate surface area is 158 Å². The summed E-state index contributed by atoms with van der Waals surface area (Å²) in [6.07, 6.45) is 0.181. The van der Waals surface area contributed by atoms with Crippen LogP contribution in [0.25, 0.3) is 0 Å². The number of amides is 1. The van der Waals surface area contributed by atoms with Gasteiger partial charge in [-0.3, -0.25) is 4.79 Å². The fourth-order valence-electron chi connectivity index (χ4n) is 3.18. The molecule has 0 aliphatic rings. The Hall–Kier alpha value is -3.02. The van der Waals surface area contributed by atoms with Gasteiger partial charge in [-0.25, -0.2) is 14.1 Å². The molecular formula is C21H23FN4O. The first kappa shape index (κ1) is 18.8. The minimum Gasteiger partial charge on any atom is -0.354 e. The van der Waals surface area contributed by atoms with Gasteiger partial charge in [-0.1, -0.05) is 48.5 Å². The molecular weight excluding hydrogens is 343 g/mol. The van der Waals surface area contributed by atoms with Gasteiger partial charge in [0, 0.05) is 18.9 Å². The predicted octanol–water partition coefficient (Wildman–Crippen LogP) is 3.37. The normalized spacial score (nSPS) is 12.0. The number of carbonyl (C=O) groups excluding carboxylic acids is 1. The molecule has 1 N–H and O–H groups in total. The van der Waals surface area contributed by atoms with Crippen molar-refractivity contribution in [3.05, 3.63) is 83.2 Å². The van der Waals surface area contributed by atoms with Crippen LogP contribution in [0.4, 0.5) is 4.39 Å². The summed E-state index contributed by atoms with van der Waals surface area (Å²) in [5, 5.41) is 7.19. The van der Waals surface area contributed by atoms with Crippen molar-refractivity contribution in [2.45, 2.75) is 32.7 Å². The fraction of sp³-hybridized carbons (Fsp3) is 0.286. The lowest BCUT2D eigenvalue weighted by Gasteiger charge is -2.18. The summed E-state index contributed by atoms with van der Waals surface area (Å²) >= 11 is 0. The lowest BCUT2D eigenvalue weighted by atomic mass is 9.88. The van der Waals surface area contributed by atoms with Crippen molar-refractivity contribution in [1.82, 2.24) is 20.1 Å². The van der Waals surface area contributed by atoms with E-state index in [-0.39, 0.29) is 24.1 Å². The Bertz CT molecular complexity index is 908. The Morgan fingerprint density at radius 1 is 1.11 bits per heavy atom. The van der Waals surface area contributed by atoms with E-state index < -0.39 is 0 Å². The fourth-order valence-corrected chi connectivity index (χ4v) is 3.18. The Kier molecular flexibility index (Phi) is 5.96. The molecule has 0 saturated heterocycles.